The first-order chi connectivity index (χ1) is 25.3. The second-order valence-electron chi connectivity index (χ2n) is 15.0. The molecule has 1 aliphatic carbocycles. The van der Waals surface area contributed by atoms with Gasteiger partial charge in [0.1, 0.15) is 18.2 Å². The van der Waals surface area contributed by atoms with Crippen LogP contribution in [0.4, 0.5) is 16.2 Å². The highest BCUT2D eigenvalue weighted by molar-refractivity contribution is 6.74. The van der Waals surface area contributed by atoms with Crippen molar-refractivity contribution < 1.29 is 18.7 Å². The number of nitrogens with zero attached hydrogens (tertiary/aromatic N) is 4. The fraction of sp³-hybridized carbons (Fsp3) is 0.350. The van der Waals surface area contributed by atoms with Crippen LogP contribution in [0.5, 0.6) is 11.6 Å². The average molecular weight is 754 g/mol. The number of alkyl carbamates (subject to hydrolysis) is 1. The second kappa shape index (κ2) is 15.9. The molecule has 1 amide bonds. The number of anilines is 1. The molecule has 4 N–H and O–H groups in total. The number of nitrogens with two attached hydrogens (primary N) is 1. The van der Waals surface area contributed by atoms with E-state index in [4.69, 9.17) is 41.3 Å². The quantitative estimate of drug-likeness (QED) is 0.0690. The van der Waals surface area contributed by atoms with E-state index in [0.717, 1.165) is 47.2 Å². The van der Waals surface area contributed by atoms with E-state index in [2.05, 4.69) is 55.5 Å². The summed E-state index contributed by atoms with van der Waals surface area (Å²) in [5.41, 5.74) is 12.3. The van der Waals surface area contributed by atoms with Gasteiger partial charge in [0, 0.05) is 41.7 Å². The number of hydrogen-bond acceptors (Lipinski definition) is 8. The minimum absolute atomic E-state index is 0.0253. The summed E-state index contributed by atoms with van der Waals surface area (Å²) in [7, 11) is -0.473. The normalized spacial score (nSPS) is 16.6. The Morgan fingerprint density at radius 3 is 2.51 bits per heavy atom. The van der Waals surface area contributed by atoms with Crippen LogP contribution in [0.2, 0.25) is 23.2 Å². The van der Waals surface area contributed by atoms with Gasteiger partial charge in [0.25, 0.3) is 0 Å². The number of amidine groups is 1. The van der Waals surface area contributed by atoms with Gasteiger partial charge in [0.2, 0.25) is 14.2 Å². The lowest BCUT2D eigenvalue weighted by atomic mass is 9.90. The van der Waals surface area contributed by atoms with Crippen LogP contribution in [0.25, 0.3) is 16.6 Å². The lowest BCUT2D eigenvalue weighted by Gasteiger charge is -2.36. The van der Waals surface area contributed by atoms with Crippen molar-refractivity contribution in [3.63, 3.8) is 0 Å². The molecule has 3 heterocycles. The molecule has 6 rings (SSSR count). The van der Waals surface area contributed by atoms with E-state index < -0.39 is 14.4 Å². The summed E-state index contributed by atoms with van der Waals surface area (Å²) in [5.74, 6) is 1.50. The van der Waals surface area contributed by atoms with E-state index in [-0.39, 0.29) is 29.6 Å². The lowest BCUT2D eigenvalue weighted by molar-refractivity contribution is 0.132. The largest absolute Gasteiger partial charge is 0.543 e. The summed E-state index contributed by atoms with van der Waals surface area (Å²) in [6.45, 7) is 11.2. The van der Waals surface area contributed by atoms with Crippen LogP contribution in [-0.2, 0) is 11.3 Å². The molecular formula is C40H48ClN7O4Si. The van der Waals surface area contributed by atoms with Crippen LogP contribution >= 0.6 is 11.6 Å². The molecule has 3 aromatic heterocycles. The predicted octanol–water partition coefficient (Wildman–Crippen LogP) is 9.13. The van der Waals surface area contributed by atoms with Crippen LogP contribution in [0.15, 0.2) is 90.3 Å². The Morgan fingerprint density at radius 2 is 1.81 bits per heavy atom. The standard InChI is InChI=1S/C40H48ClN7O4Si/c1-40(2,3)53(5,6)52-31-16-17-34(33(41)21-31)47-38(42)32-23-44-48-24-28(27-15-18-36(50-4)43-22-27)19-35(48)37(32)45-29-13-10-14-30(20-29)46-39(49)51-25-26-11-8-7-9-12-26/h7-9,11-12,15-19,21-24,29-30,45H,10,13-14,20,25H2,1-6H3,(H2,42,47)(H,46,49)/t29-,30-/m0/s1. The molecule has 0 bridgehead atoms. The highest BCUT2D eigenvalue weighted by Crippen LogP contribution is 2.39. The van der Waals surface area contributed by atoms with Crippen molar-refractivity contribution in [3.05, 3.63) is 101 Å². The number of halogens is 1. The fourth-order valence-corrected chi connectivity index (χ4v) is 7.33. The molecule has 2 aromatic carbocycles. The van der Waals surface area contributed by atoms with Crippen molar-refractivity contribution in [2.24, 2.45) is 10.7 Å². The summed E-state index contributed by atoms with van der Waals surface area (Å²) >= 11 is 6.78. The molecule has 1 aliphatic rings. The number of pyridine rings is 1. The molecule has 0 spiro atoms. The van der Waals surface area contributed by atoms with Gasteiger partial charge in [-0.05, 0) is 79.7 Å². The van der Waals surface area contributed by atoms with Crippen LogP contribution in [-0.4, -0.2) is 54.0 Å². The molecule has 13 heteroatoms. The number of carbonyl (C=O) groups excluding carboxylic acids is 1. The number of rotatable bonds is 11. The number of aromatic nitrogens is 3. The highest BCUT2D eigenvalue weighted by atomic mass is 35.5. The Hall–Kier alpha value is -5.07. The molecule has 5 aromatic rings. The van der Waals surface area contributed by atoms with Gasteiger partial charge < -0.3 is 30.3 Å². The van der Waals surface area contributed by atoms with Gasteiger partial charge in [0.15, 0.2) is 0 Å². The lowest BCUT2D eigenvalue weighted by Crippen LogP contribution is -2.43. The van der Waals surface area contributed by atoms with E-state index in [1.807, 2.05) is 65.3 Å². The molecule has 0 saturated heterocycles. The Bertz CT molecular complexity index is 2080. The maximum atomic E-state index is 12.8. The summed E-state index contributed by atoms with van der Waals surface area (Å²) in [6, 6.07) is 21.0. The minimum Gasteiger partial charge on any atom is -0.543 e. The molecule has 0 unspecified atom stereocenters. The maximum absolute atomic E-state index is 12.8. The molecule has 1 fully saturated rings. The number of carbonyl (C=O) groups is 1. The summed E-state index contributed by atoms with van der Waals surface area (Å²) in [4.78, 5) is 21.9. The zero-order chi connectivity index (χ0) is 37.8. The number of fused-ring (bicyclic) bond motifs is 1. The number of amides is 1. The van der Waals surface area contributed by atoms with Gasteiger partial charge in [-0.2, -0.15) is 5.10 Å². The molecule has 278 valence electrons. The number of methoxy groups -OCH3 is 1. The number of hydrogen-bond donors (Lipinski definition) is 3. The zero-order valence-electron chi connectivity index (χ0n) is 31.2. The van der Waals surface area contributed by atoms with Gasteiger partial charge in [-0.1, -0.05) is 62.7 Å². The molecular weight excluding hydrogens is 706 g/mol. The van der Waals surface area contributed by atoms with Crippen molar-refractivity contribution in [2.45, 2.75) is 83.3 Å². The van der Waals surface area contributed by atoms with E-state index in [0.29, 0.717) is 34.3 Å². The predicted molar refractivity (Wildman–Crippen MR) is 214 cm³/mol. The van der Waals surface area contributed by atoms with E-state index in [1.54, 1.807) is 25.6 Å². The van der Waals surface area contributed by atoms with Crippen molar-refractivity contribution in [1.82, 2.24) is 19.9 Å². The molecule has 1 saturated carbocycles. The average Bonchev–Trinajstić information content (AvgIpc) is 3.57. The van der Waals surface area contributed by atoms with E-state index in [9.17, 15) is 4.79 Å². The SMILES string of the molecule is COc1ccc(-c2cc3c(N[C@H]4CCC[C@H](NC(=O)OCc5ccccc5)C4)c(/C(N)=N/c4ccc(O[Si](C)(C)C(C)(C)C)cc4Cl)cnn3c2)cn1. The van der Waals surface area contributed by atoms with Crippen molar-refractivity contribution in [2.75, 3.05) is 12.4 Å². The molecule has 0 radical (unpaired) electrons. The number of benzene rings is 2. The zero-order valence-corrected chi connectivity index (χ0v) is 32.9. The van der Waals surface area contributed by atoms with Crippen molar-refractivity contribution >= 4 is 48.7 Å². The fourth-order valence-electron chi connectivity index (χ4n) is 6.10. The monoisotopic (exact) mass is 753 g/mol. The van der Waals surface area contributed by atoms with Crippen molar-refractivity contribution in [3.8, 4) is 22.8 Å². The second-order valence-corrected chi connectivity index (χ2v) is 20.1. The molecule has 0 aliphatic heterocycles. The third kappa shape index (κ3) is 9.12. The Labute approximate surface area is 317 Å². The Kier molecular flexibility index (Phi) is 11.3. The summed E-state index contributed by atoms with van der Waals surface area (Å²) < 4.78 is 19.1. The van der Waals surface area contributed by atoms with Crippen LogP contribution in [0, 0.1) is 0 Å². The van der Waals surface area contributed by atoms with Gasteiger partial charge in [-0.25, -0.2) is 19.3 Å². The van der Waals surface area contributed by atoms with Gasteiger partial charge in [-0.15, -0.1) is 0 Å². The third-order valence-corrected chi connectivity index (χ3v) is 14.7. The third-order valence-electron chi connectivity index (χ3n) is 10.1. The van der Waals surface area contributed by atoms with Crippen LogP contribution in [0.3, 0.4) is 0 Å². The first kappa shape index (κ1) is 37.7. The first-order valence-electron chi connectivity index (χ1n) is 17.9. The van der Waals surface area contributed by atoms with Gasteiger partial charge >= 0.3 is 6.09 Å². The van der Waals surface area contributed by atoms with E-state index >= 15 is 0 Å². The molecule has 2 atom stereocenters. The number of aliphatic imine (C=N–C) groups is 1. The van der Waals surface area contributed by atoms with Gasteiger partial charge in [0.05, 0.1) is 40.8 Å². The minimum atomic E-state index is -2.06. The van der Waals surface area contributed by atoms with Crippen LogP contribution in [0.1, 0.15) is 57.6 Å². The van der Waals surface area contributed by atoms with Crippen LogP contribution < -0.4 is 25.5 Å². The topological polar surface area (TPSA) is 137 Å². The molecule has 53 heavy (non-hydrogen) atoms. The van der Waals surface area contributed by atoms with E-state index in [1.165, 1.54) is 0 Å². The highest BCUT2D eigenvalue weighted by Gasteiger charge is 2.39. The Morgan fingerprint density at radius 1 is 1.04 bits per heavy atom. The summed E-state index contributed by atoms with van der Waals surface area (Å²) in [5, 5.41) is 12.0. The summed E-state index contributed by atoms with van der Waals surface area (Å²) in [6.07, 6.45) is 8.39. The molecule has 11 nitrogen and oxygen atoms in total. The van der Waals surface area contributed by atoms with Gasteiger partial charge in [-0.3, -0.25) is 0 Å². The maximum Gasteiger partial charge on any atom is 0.407 e. The number of nitrogens with one attached hydrogen (secondary N) is 2. The first-order valence-corrected chi connectivity index (χ1v) is 21.2. The smallest absolute Gasteiger partial charge is 0.407 e. The number of ether oxygens (including phenoxy) is 2. The van der Waals surface area contributed by atoms with Crippen molar-refractivity contribution in [1.29, 1.82) is 0 Å². The Balaban J connectivity index is 1.28.